The van der Waals surface area contributed by atoms with Crippen LogP contribution in [0.25, 0.3) is 22.2 Å². The Balaban J connectivity index is 1.50. The highest BCUT2D eigenvalue weighted by atomic mass is 32.2. The van der Waals surface area contributed by atoms with Crippen LogP contribution in [0.1, 0.15) is 19.5 Å². The van der Waals surface area contributed by atoms with Crippen molar-refractivity contribution in [1.29, 1.82) is 0 Å². The maximum atomic E-state index is 5.53. The highest BCUT2D eigenvalue weighted by molar-refractivity contribution is 7.98. The molecule has 0 aliphatic carbocycles. The third-order valence-electron chi connectivity index (χ3n) is 4.24. The zero-order valence-corrected chi connectivity index (χ0v) is 18.2. The molecule has 0 saturated heterocycles. The predicted octanol–water partition coefficient (Wildman–Crippen LogP) is 5.62. The van der Waals surface area contributed by atoms with Gasteiger partial charge in [-0.3, -0.25) is 4.57 Å². The van der Waals surface area contributed by atoms with E-state index >= 15 is 0 Å². The van der Waals surface area contributed by atoms with Crippen molar-refractivity contribution < 1.29 is 9.15 Å². The van der Waals surface area contributed by atoms with Gasteiger partial charge in [0.1, 0.15) is 10.8 Å². The van der Waals surface area contributed by atoms with Crippen LogP contribution in [0.5, 0.6) is 5.75 Å². The molecule has 4 rings (SSSR count). The van der Waals surface area contributed by atoms with Crippen LogP contribution in [0.2, 0.25) is 0 Å². The van der Waals surface area contributed by atoms with Crippen LogP contribution in [0, 0.1) is 5.92 Å². The topological polar surface area (TPSA) is 66.0 Å². The van der Waals surface area contributed by atoms with Gasteiger partial charge in [0.2, 0.25) is 0 Å². The van der Waals surface area contributed by atoms with Crippen molar-refractivity contribution in [3.05, 3.63) is 53.7 Å². The minimum absolute atomic E-state index is 0.472. The first kappa shape index (κ1) is 19.7. The lowest BCUT2D eigenvalue weighted by Gasteiger charge is -2.11. The SMILES string of the molecule is COc1ccc(-c2nc(CSc3nnc(-c4ccco4)n3CC(C)C)cs2)cc1. The van der Waals surface area contributed by atoms with E-state index in [1.165, 1.54) is 0 Å². The van der Waals surface area contributed by atoms with E-state index in [1.54, 1.807) is 36.5 Å². The van der Waals surface area contributed by atoms with Gasteiger partial charge in [-0.25, -0.2) is 4.98 Å². The van der Waals surface area contributed by atoms with Gasteiger partial charge in [-0.05, 0) is 42.3 Å². The van der Waals surface area contributed by atoms with E-state index in [0.29, 0.717) is 5.92 Å². The molecule has 0 spiro atoms. The first-order valence-corrected chi connectivity index (χ1v) is 11.2. The molecule has 8 heteroatoms. The van der Waals surface area contributed by atoms with Gasteiger partial charge >= 0.3 is 0 Å². The number of rotatable bonds is 8. The van der Waals surface area contributed by atoms with Gasteiger partial charge < -0.3 is 9.15 Å². The maximum Gasteiger partial charge on any atom is 0.200 e. The number of ether oxygens (including phenoxy) is 1. The molecule has 0 aliphatic heterocycles. The molecule has 6 nitrogen and oxygen atoms in total. The monoisotopic (exact) mass is 426 g/mol. The molecule has 4 aromatic rings. The number of aromatic nitrogens is 4. The minimum atomic E-state index is 0.472. The van der Waals surface area contributed by atoms with E-state index in [0.717, 1.165) is 51.1 Å². The predicted molar refractivity (Wildman–Crippen MR) is 116 cm³/mol. The average molecular weight is 427 g/mol. The fraction of sp³-hybridized carbons (Fsp3) is 0.286. The molecule has 0 unspecified atom stereocenters. The summed E-state index contributed by atoms with van der Waals surface area (Å²) in [6.45, 7) is 5.20. The van der Waals surface area contributed by atoms with Crippen LogP contribution in [-0.2, 0) is 12.3 Å². The van der Waals surface area contributed by atoms with E-state index in [9.17, 15) is 0 Å². The molecule has 0 saturated carbocycles. The number of methoxy groups -OCH3 is 1. The van der Waals surface area contributed by atoms with Crippen LogP contribution in [-0.4, -0.2) is 26.9 Å². The van der Waals surface area contributed by atoms with Crippen molar-refractivity contribution in [3.63, 3.8) is 0 Å². The molecule has 3 heterocycles. The summed E-state index contributed by atoms with van der Waals surface area (Å²) >= 11 is 3.29. The number of furan rings is 1. The molecule has 0 atom stereocenters. The van der Waals surface area contributed by atoms with Crippen molar-refractivity contribution in [2.24, 2.45) is 5.92 Å². The summed E-state index contributed by atoms with van der Waals surface area (Å²) in [4.78, 5) is 4.78. The molecule has 0 radical (unpaired) electrons. The zero-order valence-electron chi connectivity index (χ0n) is 16.5. The quantitative estimate of drug-likeness (QED) is 0.341. The van der Waals surface area contributed by atoms with Crippen LogP contribution in [0.4, 0.5) is 0 Å². The smallest absolute Gasteiger partial charge is 0.200 e. The highest BCUT2D eigenvalue weighted by Crippen LogP contribution is 2.30. The lowest BCUT2D eigenvalue weighted by atomic mass is 10.2. The molecule has 0 aliphatic rings. The Labute approximate surface area is 178 Å². The molecular weight excluding hydrogens is 404 g/mol. The van der Waals surface area contributed by atoms with Gasteiger partial charge in [0, 0.05) is 23.2 Å². The molecule has 3 aromatic heterocycles. The number of thioether (sulfide) groups is 1. The Hall–Kier alpha value is -2.58. The summed E-state index contributed by atoms with van der Waals surface area (Å²) in [6.07, 6.45) is 1.66. The van der Waals surface area contributed by atoms with Crippen LogP contribution >= 0.6 is 23.1 Å². The van der Waals surface area contributed by atoms with E-state index in [4.69, 9.17) is 14.1 Å². The van der Waals surface area contributed by atoms with E-state index in [1.807, 2.05) is 36.4 Å². The Kier molecular flexibility index (Phi) is 6.01. The molecule has 0 N–H and O–H groups in total. The van der Waals surface area contributed by atoms with Crippen LogP contribution < -0.4 is 4.74 Å². The number of hydrogen-bond acceptors (Lipinski definition) is 7. The van der Waals surface area contributed by atoms with Crippen molar-refractivity contribution in [2.75, 3.05) is 7.11 Å². The maximum absolute atomic E-state index is 5.53. The second-order valence-electron chi connectivity index (χ2n) is 6.95. The van der Waals surface area contributed by atoms with E-state index in [2.05, 4.69) is 34.0 Å². The molecule has 150 valence electrons. The Morgan fingerprint density at radius 3 is 2.69 bits per heavy atom. The van der Waals surface area contributed by atoms with Gasteiger partial charge in [-0.1, -0.05) is 25.6 Å². The van der Waals surface area contributed by atoms with Crippen molar-refractivity contribution in [2.45, 2.75) is 31.3 Å². The molecule has 1 aromatic carbocycles. The van der Waals surface area contributed by atoms with Gasteiger partial charge in [0.05, 0.1) is 19.1 Å². The van der Waals surface area contributed by atoms with Gasteiger partial charge in [0.25, 0.3) is 0 Å². The Morgan fingerprint density at radius 1 is 1.17 bits per heavy atom. The lowest BCUT2D eigenvalue weighted by molar-refractivity contribution is 0.415. The molecular formula is C21H22N4O2S2. The summed E-state index contributed by atoms with van der Waals surface area (Å²) in [5, 5.41) is 12.7. The normalized spacial score (nSPS) is 11.3. The number of benzene rings is 1. The Morgan fingerprint density at radius 2 is 2.00 bits per heavy atom. The second kappa shape index (κ2) is 8.84. The first-order valence-electron chi connectivity index (χ1n) is 9.32. The van der Waals surface area contributed by atoms with Crippen LogP contribution in [0.15, 0.2) is 57.6 Å². The third kappa shape index (κ3) is 4.54. The lowest BCUT2D eigenvalue weighted by Crippen LogP contribution is -2.07. The van der Waals surface area contributed by atoms with Crippen molar-refractivity contribution in [3.8, 4) is 27.9 Å². The average Bonchev–Trinajstić information content (AvgIpc) is 3.47. The highest BCUT2D eigenvalue weighted by Gasteiger charge is 2.18. The second-order valence-corrected chi connectivity index (χ2v) is 8.75. The summed E-state index contributed by atoms with van der Waals surface area (Å²) in [5.74, 6) is 3.56. The zero-order chi connectivity index (χ0) is 20.2. The minimum Gasteiger partial charge on any atom is -0.497 e. The summed E-state index contributed by atoms with van der Waals surface area (Å²) < 4.78 is 12.9. The Bertz CT molecular complexity index is 1050. The number of hydrogen-bond donors (Lipinski definition) is 0. The molecule has 0 bridgehead atoms. The van der Waals surface area contributed by atoms with Crippen molar-refractivity contribution >= 4 is 23.1 Å². The van der Waals surface area contributed by atoms with Crippen LogP contribution in [0.3, 0.4) is 0 Å². The summed E-state index contributed by atoms with van der Waals surface area (Å²) in [7, 11) is 1.67. The largest absolute Gasteiger partial charge is 0.497 e. The molecule has 29 heavy (non-hydrogen) atoms. The van der Waals surface area contributed by atoms with E-state index < -0.39 is 0 Å². The number of nitrogens with zero attached hydrogens (tertiary/aromatic N) is 4. The summed E-state index contributed by atoms with van der Waals surface area (Å²) in [6, 6.07) is 11.8. The first-order chi connectivity index (χ1) is 14.1. The van der Waals surface area contributed by atoms with Gasteiger partial charge in [0.15, 0.2) is 16.7 Å². The van der Waals surface area contributed by atoms with Gasteiger partial charge in [-0.15, -0.1) is 21.5 Å². The summed E-state index contributed by atoms with van der Waals surface area (Å²) in [5.41, 5.74) is 2.12. The van der Waals surface area contributed by atoms with E-state index in [-0.39, 0.29) is 0 Å². The molecule has 0 fully saturated rings. The number of thiazole rings is 1. The molecule has 0 amide bonds. The fourth-order valence-corrected chi connectivity index (χ4v) is 4.66. The fourth-order valence-electron chi connectivity index (χ4n) is 2.89. The third-order valence-corrected chi connectivity index (χ3v) is 6.18. The van der Waals surface area contributed by atoms with Gasteiger partial charge in [-0.2, -0.15) is 0 Å². The standard InChI is InChI=1S/C21H22N4O2S2/c1-14(2)11-25-19(18-5-4-10-27-18)23-24-21(25)29-13-16-12-28-20(22-16)15-6-8-17(26-3)9-7-15/h4-10,12,14H,11,13H2,1-3H3. The van der Waals surface area contributed by atoms with Crippen molar-refractivity contribution in [1.82, 2.24) is 19.7 Å².